The third-order valence-corrected chi connectivity index (χ3v) is 0. The molecule has 6 heavy (non-hydrogen) atoms. The van der Waals surface area contributed by atoms with Crippen molar-refractivity contribution in [2.45, 2.75) is 0 Å². The van der Waals surface area contributed by atoms with Crippen LogP contribution in [0, 0.1) is 39.9 Å². The molecule has 0 saturated carbocycles. The van der Waals surface area contributed by atoms with E-state index in [9.17, 15) is 0 Å². The van der Waals surface area contributed by atoms with E-state index < -0.39 is 0 Å². The third kappa shape index (κ3) is 39.1. The standard InChI is InChI=1S/Gd.4H2O.Ta/h;4*1H2;. The van der Waals surface area contributed by atoms with Crippen molar-refractivity contribution in [3.05, 3.63) is 0 Å². The van der Waals surface area contributed by atoms with Gasteiger partial charge in [0, 0.05) is 62.3 Å². The third-order valence-electron chi connectivity index (χ3n) is 0. The quantitative estimate of drug-likeness (QED) is 0.397. The van der Waals surface area contributed by atoms with Crippen molar-refractivity contribution in [3.8, 4) is 0 Å². The Kier molecular flexibility index (Phi) is 1150. The molecular formula is H8GdO4Ta. The summed E-state index contributed by atoms with van der Waals surface area (Å²) < 4.78 is 0. The largest absolute Gasteiger partial charge is 0.412 e. The van der Waals surface area contributed by atoms with E-state index in [-0.39, 0.29) is 84.2 Å². The van der Waals surface area contributed by atoms with E-state index in [2.05, 4.69) is 0 Å². The Labute approximate surface area is 83.1 Å². The molecule has 0 atom stereocenters. The van der Waals surface area contributed by atoms with Crippen LogP contribution in [0.1, 0.15) is 0 Å². The maximum atomic E-state index is 0. The molecule has 0 aliphatic heterocycles. The van der Waals surface area contributed by atoms with Crippen molar-refractivity contribution in [2.75, 3.05) is 0 Å². The summed E-state index contributed by atoms with van der Waals surface area (Å²) in [5, 5.41) is 0. The van der Waals surface area contributed by atoms with Gasteiger partial charge in [-0.15, -0.1) is 0 Å². The fraction of sp³-hybridized carbons (Fsp3) is 0. The van der Waals surface area contributed by atoms with Crippen LogP contribution in [0.15, 0.2) is 0 Å². The molecule has 0 bridgehead atoms. The normalized spacial score (nSPS) is 0. The van der Waals surface area contributed by atoms with Gasteiger partial charge in [-0.05, 0) is 0 Å². The van der Waals surface area contributed by atoms with E-state index in [0.717, 1.165) is 0 Å². The minimum absolute atomic E-state index is 0. The Morgan fingerprint density at radius 3 is 0.500 bits per heavy atom. The molecule has 0 amide bonds. The first-order valence-electron chi connectivity index (χ1n) is 0. The molecule has 1 radical (unpaired) electrons. The van der Waals surface area contributed by atoms with Gasteiger partial charge in [0.25, 0.3) is 0 Å². The first-order valence-corrected chi connectivity index (χ1v) is 0. The summed E-state index contributed by atoms with van der Waals surface area (Å²) in [5.74, 6) is 0. The molecule has 0 aliphatic rings. The van der Waals surface area contributed by atoms with Crippen molar-refractivity contribution in [1.82, 2.24) is 0 Å². The minimum atomic E-state index is 0. The molecule has 8 N–H and O–H groups in total. The summed E-state index contributed by atoms with van der Waals surface area (Å²) in [6.45, 7) is 0. The number of hydrogen-bond acceptors (Lipinski definition) is 0. The fourth-order valence-electron chi connectivity index (χ4n) is 0. The van der Waals surface area contributed by atoms with Crippen LogP contribution in [0.3, 0.4) is 0 Å². The molecule has 0 aromatic rings. The molecule has 4 nitrogen and oxygen atoms in total. The second-order valence-corrected chi connectivity index (χ2v) is 0. The average Bonchev–Trinajstić information content (AvgIpc) is 0. The van der Waals surface area contributed by atoms with Crippen LogP contribution in [0.4, 0.5) is 0 Å². The van der Waals surface area contributed by atoms with Gasteiger partial charge in [-0.3, -0.25) is 0 Å². The molecule has 0 heterocycles. The molecule has 0 spiro atoms. The van der Waals surface area contributed by atoms with Crippen LogP contribution < -0.4 is 0 Å². The molecular weight excluding hydrogens is 402 g/mol. The molecule has 0 aromatic heterocycles. The maximum Gasteiger partial charge on any atom is 0 e. The van der Waals surface area contributed by atoms with Crippen molar-refractivity contribution in [3.63, 3.8) is 0 Å². The maximum absolute atomic E-state index is 0. The van der Waals surface area contributed by atoms with Crippen molar-refractivity contribution in [1.29, 1.82) is 0 Å². The van der Waals surface area contributed by atoms with Crippen molar-refractivity contribution in [2.24, 2.45) is 0 Å². The molecule has 0 rings (SSSR count). The van der Waals surface area contributed by atoms with Gasteiger partial charge in [0.15, 0.2) is 0 Å². The molecule has 0 aromatic carbocycles. The molecule has 0 fully saturated rings. The van der Waals surface area contributed by atoms with Gasteiger partial charge in [-0.25, -0.2) is 0 Å². The van der Waals surface area contributed by atoms with E-state index in [4.69, 9.17) is 0 Å². The zero-order valence-corrected chi connectivity index (χ0v) is 8.28. The Morgan fingerprint density at radius 1 is 0.500 bits per heavy atom. The van der Waals surface area contributed by atoms with Crippen LogP contribution in [-0.4, -0.2) is 21.9 Å². The van der Waals surface area contributed by atoms with Crippen LogP contribution in [0.25, 0.3) is 0 Å². The predicted molar refractivity (Wildman–Crippen MR) is 14.5 cm³/mol. The van der Waals surface area contributed by atoms with Gasteiger partial charge in [-0.1, -0.05) is 0 Å². The second-order valence-electron chi connectivity index (χ2n) is 0. The fourth-order valence-corrected chi connectivity index (χ4v) is 0. The van der Waals surface area contributed by atoms with Crippen LogP contribution in [0.5, 0.6) is 0 Å². The molecule has 0 saturated heterocycles. The zero-order chi connectivity index (χ0) is 0. The van der Waals surface area contributed by atoms with Crippen LogP contribution >= 0.6 is 0 Å². The van der Waals surface area contributed by atoms with Gasteiger partial charge in [0.05, 0.1) is 0 Å². The molecule has 6 heteroatoms. The van der Waals surface area contributed by atoms with Crippen molar-refractivity contribution >= 4 is 0 Å². The van der Waals surface area contributed by atoms with Gasteiger partial charge >= 0.3 is 0 Å². The van der Waals surface area contributed by atoms with Gasteiger partial charge < -0.3 is 21.9 Å². The van der Waals surface area contributed by atoms with E-state index in [1.165, 1.54) is 0 Å². The van der Waals surface area contributed by atoms with E-state index >= 15 is 0 Å². The monoisotopic (exact) mass is 411 g/mol. The number of rotatable bonds is 0. The SMILES string of the molecule is O.O.O.O.[Gd].[Ta]. The summed E-state index contributed by atoms with van der Waals surface area (Å²) in [6, 6.07) is 0. The van der Waals surface area contributed by atoms with E-state index in [0.29, 0.717) is 0 Å². The topological polar surface area (TPSA) is 126 Å². The molecule has 0 aliphatic carbocycles. The van der Waals surface area contributed by atoms with Gasteiger partial charge in [-0.2, -0.15) is 0 Å². The Balaban J connectivity index is 0. The second kappa shape index (κ2) is 66.3. The average molecular weight is 410 g/mol. The van der Waals surface area contributed by atoms with Gasteiger partial charge in [0.1, 0.15) is 0 Å². The molecule has 0 unspecified atom stereocenters. The Bertz CT molecular complexity index is 7.51. The number of hydrogen-bond donors (Lipinski definition) is 0. The van der Waals surface area contributed by atoms with Crippen molar-refractivity contribution < 1.29 is 84.2 Å². The smallest absolute Gasteiger partial charge is 0 e. The summed E-state index contributed by atoms with van der Waals surface area (Å²) in [7, 11) is 0. The zero-order valence-electron chi connectivity index (χ0n) is 2.80. The van der Waals surface area contributed by atoms with E-state index in [1.807, 2.05) is 0 Å². The van der Waals surface area contributed by atoms with Crippen LogP contribution in [-0.2, 0) is 22.4 Å². The van der Waals surface area contributed by atoms with Gasteiger partial charge in [0.2, 0.25) is 0 Å². The summed E-state index contributed by atoms with van der Waals surface area (Å²) in [5.41, 5.74) is 0. The summed E-state index contributed by atoms with van der Waals surface area (Å²) in [4.78, 5) is 0. The summed E-state index contributed by atoms with van der Waals surface area (Å²) >= 11 is 0. The Hall–Kier alpha value is 1.90. The summed E-state index contributed by atoms with van der Waals surface area (Å²) in [6.07, 6.45) is 0. The predicted octanol–water partition coefficient (Wildman–Crippen LogP) is -3.30. The molecule has 45 valence electrons. The minimum Gasteiger partial charge on any atom is -0.412 e. The Morgan fingerprint density at radius 2 is 0.500 bits per heavy atom. The first kappa shape index (κ1) is 104. The first-order chi connectivity index (χ1) is 0. The van der Waals surface area contributed by atoms with Crippen LogP contribution in [0.2, 0.25) is 0 Å². The van der Waals surface area contributed by atoms with E-state index in [1.54, 1.807) is 0 Å².